The van der Waals surface area contributed by atoms with Crippen molar-refractivity contribution in [2.24, 2.45) is 5.92 Å². The quantitative estimate of drug-likeness (QED) is 0.591. The summed E-state index contributed by atoms with van der Waals surface area (Å²) >= 11 is 0. The molecule has 0 bridgehead atoms. The smallest absolute Gasteiger partial charge is 0.253 e. The number of carbonyl (C=O) groups excluding carboxylic acids is 2. The molecule has 5 rings (SSSR count). The van der Waals surface area contributed by atoms with E-state index in [2.05, 4.69) is 10.3 Å². The Kier molecular flexibility index (Phi) is 6.32. The highest BCUT2D eigenvalue weighted by Crippen LogP contribution is 2.28. The molecule has 2 aromatic carbocycles. The van der Waals surface area contributed by atoms with E-state index in [0.29, 0.717) is 41.7 Å². The summed E-state index contributed by atoms with van der Waals surface area (Å²) in [5.74, 6) is 0.157. The number of ether oxygens (including phenoxy) is 1. The van der Waals surface area contributed by atoms with Gasteiger partial charge in [0, 0.05) is 37.4 Å². The number of hydrogen-bond donors (Lipinski definition) is 1. The van der Waals surface area contributed by atoms with Crippen LogP contribution in [-0.2, 0) is 9.53 Å². The first kappa shape index (κ1) is 22.5. The summed E-state index contributed by atoms with van der Waals surface area (Å²) in [5.41, 5.74) is 1.82. The first-order valence-electron chi connectivity index (χ1n) is 11.8. The zero-order valence-electron chi connectivity index (χ0n) is 19.1. The second kappa shape index (κ2) is 9.54. The summed E-state index contributed by atoms with van der Waals surface area (Å²) in [6.45, 7) is 1.30. The zero-order chi connectivity index (χ0) is 23.7. The van der Waals surface area contributed by atoms with Crippen LogP contribution in [-0.4, -0.2) is 54.0 Å². The monoisotopic (exact) mass is 465 g/mol. The van der Waals surface area contributed by atoms with E-state index in [1.54, 1.807) is 48.3 Å². The van der Waals surface area contributed by atoms with Gasteiger partial charge in [0.25, 0.3) is 5.91 Å². The first-order chi connectivity index (χ1) is 16.5. The average molecular weight is 466 g/mol. The van der Waals surface area contributed by atoms with Gasteiger partial charge >= 0.3 is 0 Å². The molecule has 2 aliphatic rings. The minimum atomic E-state index is -0.429. The normalized spacial score (nSPS) is 22.2. The number of carbonyl (C=O) groups is 2. The maximum absolute atomic E-state index is 13.9. The molecule has 8 heteroatoms. The van der Waals surface area contributed by atoms with Crippen LogP contribution < -0.4 is 5.32 Å². The summed E-state index contributed by atoms with van der Waals surface area (Å²) in [5, 5.41) is 3.11. The van der Waals surface area contributed by atoms with Crippen LogP contribution in [0, 0.1) is 11.7 Å². The number of fused-ring (bicyclic) bond motifs is 1. The Bertz CT molecular complexity index is 1190. The Labute approximate surface area is 197 Å². The number of aromatic nitrogens is 1. The molecule has 1 aliphatic heterocycles. The molecular weight excluding hydrogens is 437 g/mol. The molecule has 34 heavy (non-hydrogen) atoms. The fraction of sp³-hybridized carbons (Fsp3) is 0.423. The minimum Gasteiger partial charge on any atom is -0.436 e. The number of para-hydroxylation sites is 1. The van der Waals surface area contributed by atoms with Crippen LogP contribution in [0.1, 0.15) is 42.5 Å². The number of hydrogen-bond acceptors (Lipinski definition) is 5. The molecule has 0 radical (unpaired) electrons. The lowest BCUT2D eigenvalue weighted by Gasteiger charge is -2.22. The van der Waals surface area contributed by atoms with Crippen LogP contribution >= 0.6 is 0 Å². The fourth-order valence-corrected chi connectivity index (χ4v) is 4.93. The van der Waals surface area contributed by atoms with Crippen molar-refractivity contribution in [3.05, 3.63) is 53.8 Å². The molecule has 2 fully saturated rings. The fourth-order valence-electron chi connectivity index (χ4n) is 4.93. The maximum atomic E-state index is 13.9. The Morgan fingerprint density at radius 2 is 1.97 bits per heavy atom. The van der Waals surface area contributed by atoms with E-state index in [1.807, 2.05) is 0 Å². The summed E-state index contributed by atoms with van der Waals surface area (Å²) < 4.78 is 25.0. The molecule has 3 aromatic rings. The van der Waals surface area contributed by atoms with Crippen molar-refractivity contribution in [1.82, 2.24) is 15.2 Å². The van der Waals surface area contributed by atoms with Crippen molar-refractivity contribution < 1.29 is 23.1 Å². The third-order valence-corrected chi connectivity index (χ3v) is 6.74. The van der Waals surface area contributed by atoms with Gasteiger partial charge in [0.1, 0.15) is 11.6 Å². The van der Waals surface area contributed by atoms with Gasteiger partial charge in [0.05, 0.1) is 0 Å². The Morgan fingerprint density at radius 1 is 1.15 bits per heavy atom. The zero-order valence-corrected chi connectivity index (χ0v) is 19.1. The lowest BCUT2D eigenvalue weighted by molar-refractivity contribution is -0.130. The predicted octanol–water partition coefficient (Wildman–Crippen LogP) is 4.17. The standard InChI is InChI=1S/C26H28FN3O4/c1-30(15-16-7-12-19(14-16)28-24(31)22-6-3-13-33-22)26(32)18-10-8-17(9-11-18)25-29-23-20(27)4-2-5-21(23)34-25/h2,4-5,8-11,16,19,22H,3,6-7,12-15H2,1H3,(H,28,31)/t16-,19+,22+/m1/s1. The van der Waals surface area contributed by atoms with E-state index in [0.717, 1.165) is 32.1 Å². The lowest BCUT2D eigenvalue weighted by atomic mass is 10.1. The molecule has 0 spiro atoms. The Hall–Kier alpha value is -3.26. The van der Waals surface area contributed by atoms with E-state index >= 15 is 0 Å². The highest BCUT2D eigenvalue weighted by Gasteiger charge is 2.31. The number of halogens is 1. The topological polar surface area (TPSA) is 84.7 Å². The molecule has 1 aromatic heterocycles. The van der Waals surface area contributed by atoms with E-state index in [9.17, 15) is 14.0 Å². The molecule has 3 atom stereocenters. The minimum absolute atomic E-state index is 0.00523. The van der Waals surface area contributed by atoms with Crippen molar-refractivity contribution in [2.45, 2.75) is 44.2 Å². The van der Waals surface area contributed by atoms with Crippen LogP contribution in [0.25, 0.3) is 22.6 Å². The van der Waals surface area contributed by atoms with Gasteiger partial charge < -0.3 is 19.4 Å². The van der Waals surface area contributed by atoms with Crippen LogP contribution in [0.4, 0.5) is 4.39 Å². The number of nitrogens with zero attached hydrogens (tertiary/aromatic N) is 2. The van der Waals surface area contributed by atoms with Gasteiger partial charge in [-0.05, 0) is 74.4 Å². The molecule has 178 valence electrons. The van der Waals surface area contributed by atoms with Gasteiger partial charge in [0.15, 0.2) is 11.4 Å². The molecule has 1 N–H and O–H groups in total. The van der Waals surface area contributed by atoms with Crippen LogP contribution in [0.2, 0.25) is 0 Å². The van der Waals surface area contributed by atoms with Gasteiger partial charge in [-0.25, -0.2) is 9.37 Å². The third-order valence-electron chi connectivity index (χ3n) is 6.74. The molecule has 2 amide bonds. The van der Waals surface area contributed by atoms with Gasteiger partial charge in [-0.2, -0.15) is 0 Å². The van der Waals surface area contributed by atoms with Gasteiger partial charge in [0.2, 0.25) is 11.8 Å². The molecule has 1 aliphatic carbocycles. The Morgan fingerprint density at radius 3 is 2.71 bits per heavy atom. The number of nitrogens with one attached hydrogen (secondary N) is 1. The number of benzene rings is 2. The van der Waals surface area contributed by atoms with Crippen molar-refractivity contribution in [2.75, 3.05) is 20.2 Å². The second-order valence-electron chi connectivity index (χ2n) is 9.25. The van der Waals surface area contributed by atoms with Gasteiger partial charge in [-0.3, -0.25) is 9.59 Å². The third kappa shape index (κ3) is 4.68. The lowest BCUT2D eigenvalue weighted by Crippen LogP contribution is -2.40. The van der Waals surface area contributed by atoms with Crippen molar-refractivity contribution in [3.8, 4) is 11.5 Å². The van der Waals surface area contributed by atoms with E-state index in [-0.39, 0.29) is 29.5 Å². The molecule has 1 saturated heterocycles. The molecule has 0 unspecified atom stereocenters. The molecule has 1 saturated carbocycles. The molecule has 7 nitrogen and oxygen atoms in total. The largest absolute Gasteiger partial charge is 0.436 e. The van der Waals surface area contributed by atoms with E-state index in [1.165, 1.54) is 6.07 Å². The SMILES string of the molecule is CN(C[C@@H]1CC[C@H](NC(=O)[C@@H]2CCCO2)C1)C(=O)c1ccc(-c2nc3c(F)cccc3o2)cc1. The van der Waals surface area contributed by atoms with Crippen molar-refractivity contribution in [1.29, 1.82) is 0 Å². The predicted molar refractivity (Wildman–Crippen MR) is 125 cm³/mol. The number of rotatable bonds is 6. The number of amides is 2. The summed E-state index contributed by atoms with van der Waals surface area (Å²) in [4.78, 5) is 31.2. The summed E-state index contributed by atoms with van der Waals surface area (Å²) in [7, 11) is 1.80. The Balaban J connectivity index is 1.16. The first-order valence-corrected chi connectivity index (χ1v) is 11.8. The highest BCUT2D eigenvalue weighted by molar-refractivity contribution is 5.94. The molecular formula is C26H28FN3O4. The van der Waals surface area contributed by atoms with Crippen LogP contribution in [0.15, 0.2) is 46.9 Å². The highest BCUT2D eigenvalue weighted by atomic mass is 19.1. The van der Waals surface area contributed by atoms with E-state index < -0.39 is 5.82 Å². The van der Waals surface area contributed by atoms with Gasteiger partial charge in [-0.15, -0.1) is 0 Å². The molecule has 2 heterocycles. The average Bonchev–Trinajstić information content (AvgIpc) is 3.60. The van der Waals surface area contributed by atoms with Crippen LogP contribution in [0.5, 0.6) is 0 Å². The summed E-state index contributed by atoms with van der Waals surface area (Å²) in [6, 6.07) is 11.7. The second-order valence-corrected chi connectivity index (χ2v) is 9.25. The van der Waals surface area contributed by atoms with Gasteiger partial charge in [-0.1, -0.05) is 6.07 Å². The van der Waals surface area contributed by atoms with Crippen molar-refractivity contribution >= 4 is 22.9 Å². The summed E-state index contributed by atoms with van der Waals surface area (Å²) in [6.07, 6.45) is 4.18. The van der Waals surface area contributed by atoms with E-state index in [4.69, 9.17) is 9.15 Å². The number of oxazole rings is 1. The maximum Gasteiger partial charge on any atom is 0.253 e. The van der Waals surface area contributed by atoms with Crippen molar-refractivity contribution in [3.63, 3.8) is 0 Å². The van der Waals surface area contributed by atoms with Crippen LogP contribution in [0.3, 0.4) is 0 Å².